The van der Waals surface area contributed by atoms with Gasteiger partial charge >= 0.3 is 0 Å². The van der Waals surface area contributed by atoms with Gasteiger partial charge in [-0.1, -0.05) is 26.0 Å². The topological polar surface area (TPSA) is 38.7 Å². The molecule has 3 heteroatoms. The van der Waals surface area contributed by atoms with Crippen LogP contribution in [-0.4, -0.2) is 23.9 Å². The summed E-state index contributed by atoms with van der Waals surface area (Å²) in [5, 5.41) is 10.2. The van der Waals surface area contributed by atoms with Crippen molar-refractivity contribution in [1.29, 1.82) is 0 Å². The molecule has 2 unspecified atom stereocenters. The molecule has 1 fully saturated rings. The Kier molecular flexibility index (Phi) is 3.81. The predicted octanol–water partition coefficient (Wildman–Crippen LogP) is 3.01. The van der Waals surface area contributed by atoms with Crippen LogP contribution in [-0.2, 0) is 0 Å². The highest BCUT2D eigenvalue weighted by Crippen LogP contribution is 2.40. The highest BCUT2D eigenvalue weighted by Gasteiger charge is 2.42. The Labute approximate surface area is 109 Å². The predicted molar refractivity (Wildman–Crippen MR) is 71.0 cm³/mol. The number of para-hydroxylation sites is 2. The zero-order chi connectivity index (χ0) is 13.2. The van der Waals surface area contributed by atoms with Gasteiger partial charge < -0.3 is 14.6 Å². The summed E-state index contributed by atoms with van der Waals surface area (Å²) in [4.78, 5) is 0. The van der Waals surface area contributed by atoms with Gasteiger partial charge in [-0.25, -0.2) is 0 Å². The lowest BCUT2D eigenvalue weighted by atomic mass is 9.89. The van der Waals surface area contributed by atoms with E-state index in [1.165, 1.54) is 0 Å². The van der Waals surface area contributed by atoms with Gasteiger partial charge in [-0.05, 0) is 37.3 Å². The number of aliphatic hydroxyl groups excluding tert-OH is 1. The minimum Gasteiger partial charge on any atom is -0.490 e. The Morgan fingerprint density at radius 2 is 1.94 bits per heavy atom. The van der Waals surface area contributed by atoms with Crippen LogP contribution in [0.4, 0.5) is 0 Å². The van der Waals surface area contributed by atoms with Gasteiger partial charge in [0.25, 0.3) is 0 Å². The van der Waals surface area contributed by atoms with Gasteiger partial charge in [0.2, 0.25) is 0 Å². The molecule has 1 aromatic rings. The van der Waals surface area contributed by atoms with Crippen molar-refractivity contribution in [1.82, 2.24) is 0 Å². The lowest BCUT2D eigenvalue weighted by Crippen LogP contribution is -2.34. The van der Waals surface area contributed by atoms with Crippen LogP contribution in [0, 0.1) is 5.41 Å². The summed E-state index contributed by atoms with van der Waals surface area (Å²) in [6.07, 6.45) is 1.30. The molecular weight excluding hydrogens is 228 g/mol. The molecule has 1 aromatic carbocycles. The highest BCUT2D eigenvalue weighted by molar-refractivity contribution is 5.39. The van der Waals surface area contributed by atoms with Crippen LogP contribution in [0.1, 0.15) is 33.6 Å². The smallest absolute Gasteiger partial charge is 0.161 e. The van der Waals surface area contributed by atoms with Crippen LogP contribution in [0.15, 0.2) is 24.3 Å². The van der Waals surface area contributed by atoms with Crippen LogP contribution in [0.25, 0.3) is 0 Å². The lowest BCUT2D eigenvalue weighted by Gasteiger charge is -2.26. The summed E-state index contributed by atoms with van der Waals surface area (Å²) < 4.78 is 11.5. The molecule has 2 atom stereocenters. The van der Waals surface area contributed by atoms with Gasteiger partial charge in [0.1, 0.15) is 6.10 Å². The first kappa shape index (κ1) is 13.2. The number of hydrogen-bond donors (Lipinski definition) is 1. The first-order valence-electron chi connectivity index (χ1n) is 6.61. The standard InChI is InChI=1S/C15H22O3/c1-4-17-11-7-5-6-8-12(11)18-13-9-10-15(2,3)14(13)16/h5-8,13-14,16H,4,9-10H2,1-3H3. The average molecular weight is 250 g/mol. The Morgan fingerprint density at radius 3 is 2.50 bits per heavy atom. The van der Waals surface area contributed by atoms with Crippen molar-refractivity contribution < 1.29 is 14.6 Å². The van der Waals surface area contributed by atoms with Gasteiger partial charge in [0, 0.05) is 0 Å². The molecule has 0 heterocycles. The Balaban J connectivity index is 2.10. The summed E-state index contributed by atoms with van der Waals surface area (Å²) in [5.41, 5.74) is -0.0643. The molecule has 0 aromatic heterocycles. The van der Waals surface area contributed by atoms with Gasteiger partial charge in [-0.3, -0.25) is 0 Å². The molecule has 2 rings (SSSR count). The zero-order valence-corrected chi connectivity index (χ0v) is 11.3. The molecule has 0 bridgehead atoms. The SMILES string of the molecule is CCOc1ccccc1OC1CCC(C)(C)C1O. The second kappa shape index (κ2) is 5.19. The molecule has 0 spiro atoms. The van der Waals surface area contributed by atoms with Crippen molar-refractivity contribution in [2.24, 2.45) is 5.41 Å². The third-order valence-electron chi connectivity index (χ3n) is 3.65. The first-order valence-corrected chi connectivity index (χ1v) is 6.61. The first-order chi connectivity index (χ1) is 8.54. The van der Waals surface area contributed by atoms with E-state index >= 15 is 0 Å². The quantitative estimate of drug-likeness (QED) is 0.892. The fourth-order valence-corrected chi connectivity index (χ4v) is 2.43. The van der Waals surface area contributed by atoms with Crippen molar-refractivity contribution in [2.75, 3.05) is 6.61 Å². The van der Waals surface area contributed by atoms with Crippen molar-refractivity contribution in [3.8, 4) is 11.5 Å². The maximum absolute atomic E-state index is 10.2. The van der Waals surface area contributed by atoms with E-state index in [0.29, 0.717) is 6.61 Å². The zero-order valence-electron chi connectivity index (χ0n) is 11.3. The minimum absolute atomic E-state index is 0.0643. The summed E-state index contributed by atoms with van der Waals surface area (Å²) in [5.74, 6) is 1.47. The molecule has 0 amide bonds. The Morgan fingerprint density at radius 1 is 1.28 bits per heavy atom. The number of benzene rings is 1. The molecular formula is C15H22O3. The van der Waals surface area contributed by atoms with Crippen LogP contribution in [0.5, 0.6) is 11.5 Å². The molecule has 0 radical (unpaired) electrons. The monoisotopic (exact) mass is 250 g/mol. The van der Waals surface area contributed by atoms with E-state index in [1.807, 2.05) is 31.2 Å². The van der Waals surface area contributed by atoms with Gasteiger partial charge in [-0.15, -0.1) is 0 Å². The van der Waals surface area contributed by atoms with Crippen LogP contribution in [0.3, 0.4) is 0 Å². The molecule has 3 nitrogen and oxygen atoms in total. The van der Waals surface area contributed by atoms with Gasteiger partial charge in [0.05, 0.1) is 12.7 Å². The van der Waals surface area contributed by atoms with E-state index in [-0.39, 0.29) is 11.5 Å². The summed E-state index contributed by atoms with van der Waals surface area (Å²) in [6.45, 7) is 6.72. The maximum Gasteiger partial charge on any atom is 0.161 e. The van der Waals surface area contributed by atoms with Crippen LogP contribution < -0.4 is 9.47 Å². The second-order valence-corrected chi connectivity index (χ2v) is 5.51. The van der Waals surface area contributed by atoms with Crippen molar-refractivity contribution in [2.45, 2.75) is 45.8 Å². The fraction of sp³-hybridized carbons (Fsp3) is 0.600. The van der Waals surface area contributed by atoms with Gasteiger partial charge in [0.15, 0.2) is 11.5 Å². The summed E-state index contributed by atoms with van der Waals surface area (Å²) in [6, 6.07) is 7.63. The fourth-order valence-electron chi connectivity index (χ4n) is 2.43. The number of hydrogen-bond acceptors (Lipinski definition) is 3. The maximum atomic E-state index is 10.2. The van der Waals surface area contributed by atoms with Crippen LogP contribution >= 0.6 is 0 Å². The molecule has 18 heavy (non-hydrogen) atoms. The van der Waals surface area contributed by atoms with E-state index in [4.69, 9.17) is 9.47 Å². The van der Waals surface area contributed by atoms with Gasteiger partial charge in [-0.2, -0.15) is 0 Å². The third kappa shape index (κ3) is 2.61. The second-order valence-electron chi connectivity index (χ2n) is 5.51. The average Bonchev–Trinajstić information content (AvgIpc) is 2.59. The Bertz CT molecular complexity index is 400. The number of aliphatic hydroxyl groups is 1. The lowest BCUT2D eigenvalue weighted by molar-refractivity contribution is 0.00386. The molecule has 0 aliphatic heterocycles. The minimum atomic E-state index is -0.424. The molecule has 1 aliphatic rings. The number of rotatable bonds is 4. The van der Waals surface area contributed by atoms with E-state index in [1.54, 1.807) is 0 Å². The molecule has 1 saturated carbocycles. The molecule has 1 N–H and O–H groups in total. The normalized spacial score (nSPS) is 26.0. The highest BCUT2D eigenvalue weighted by atomic mass is 16.5. The van der Waals surface area contributed by atoms with Crippen molar-refractivity contribution in [3.63, 3.8) is 0 Å². The Hall–Kier alpha value is -1.22. The number of ether oxygens (including phenoxy) is 2. The third-order valence-corrected chi connectivity index (χ3v) is 3.65. The molecule has 0 saturated heterocycles. The largest absolute Gasteiger partial charge is 0.490 e. The van der Waals surface area contributed by atoms with E-state index in [0.717, 1.165) is 24.3 Å². The van der Waals surface area contributed by atoms with Crippen molar-refractivity contribution >= 4 is 0 Å². The summed E-state index contributed by atoms with van der Waals surface area (Å²) in [7, 11) is 0. The van der Waals surface area contributed by atoms with E-state index < -0.39 is 6.10 Å². The van der Waals surface area contributed by atoms with Crippen LogP contribution in [0.2, 0.25) is 0 Å². The molecule has 1 aliphatic carbocycles. The summed E-state index contributed by atoms with van der Waals surface area (Å²) >= 11 is 0. The van der Waals surface area contributed by atoms with E-state index in [2.05, 4.69) is 13.8 Å². The van der Waals surface area contributed by atoms with Crippen molar-refractivity contribution in [3.05, 3.63) is 24.3 Å². The van der Waals surface area contributed by atoms with E-state index in [9.17, 15) is 5.11 Å². The molecule has 100 valence electrons.